The van der Waals surface area contributed by atoms with Crippen LogP contribution in [0.3, 0.4) is 0 Å². The predicted octanol–water partition coefficient (Wildman–Crippen LogP) is 6.36. The van der Waals surface area contributed by atoms with Crippen LogP contribution in [0.5, 0.6) is 0 Å². The summed E-state index contributed by atoms with van der Waals surface area (Å²) in [6.45, 7) is 0. The van der Waals surface area contributed by atoms with Crippen LogP contribution in [0, 0.1) is 0 Å². The summed E-state index contributed by atoms with van der Waals surface area (Å²) in [5.41, 5.74) is 0. The van der Waals surface area contributed by atoms with Crippen molar-refractivity contribution in [2.75, 3.05) is 0 Å². The van der Waals surface area contributed by atoms with Gasteiger partial charge in [-0.05, 0) is 70.6 Å². The van der Waals surface area contributed by atoms with Gasteiger partial charge >= 0.3 is 0 Å². The third-order valence-corrected chi connectivity index (χ3v) is 11.5. The molecule has 0 aliphatic heterocycles. The van der Waals surface area contributed by atoms with Crippen molar-refractivity contribution in [3.63, 3.8) is 0 Å². The van der Waals surface area contributed by atoms with Crippen LogP contribution in [-0.2, 0) is 0 Å². The topological polar surface area (TPSA) is 0 Å². The molecule has 0 atom stereocenters. The molecule has 0 aliphatic rings. The zero-order chi connectivity index (χ0) is 24.2. The van der Waals surface area contributed by atoms with E-state index in [0.717, 1.165) is 0 Å². The molecule has 0 spiro atoms. The summed E-state index contributed by atoms with van der Waals surface area (Å²) in [5.74, 6) is 0. The maximum Gasteiger partial charge on any atom is -0.00611 e. The fourth-order valence-corrected chi connectivity index (χ4v) is 10.1. The van der Waals surface area contributed by atoms with Gasteiger partial charge in [0.25, 0.3) is 0 Å². The van der Waals surface area contributed by atoms with Crippen molar-refractivity contribution < 1.29 is 0 Å². The molecule has 0 amide bonds. The molecule has 172 valence electrons. The number of hydrogen-bond acceptors (Lipinski definition) is 0. The van der Waals surface area contributed by atoms with Crippen molar-refractivity contribution in [3.8, 4) is 0 Å². The van der Waals surface area contributed by atoms with E-state index in [4.69, 9.17) is 0 Å². The summed E-state index contributed by atoms with van der Waals surface area (Å²) >= 11 is 0. The Balaban J connectivity index is 1.68. The van der Waals surface area contributed by atoms with E-state index in [2.05, 4.69) is 158 Å². The van der Waals surface area contributed by atoms with Crippen LogP contribution >= 0.6 is 15.8 Å². The third-order valence-electron chi connectivity index (χ3n) is 6.38. The standard InChI is InChI=1S/C34H26P2/c1-5-17-29(18-6-1)35(30-19-7-2-8-20-30)33-25-27-15-13-14-16-28(27)26-34(33)36(31-21-9-3-10-22-31)32-23-11-4-12-24-32/h1-26H. The normalized spacial score (nSPS) is 11.3. The average molecular weight is 497 g/mol. The predicted molar refractivity (Wildman–Crippen MR) is 161 cm³/mol. The third kappa shape index (κ3) is 4.64. The Labute approximate surface area is 215 Å². The van der Waals surface area contributed by atoms with E-state index in [9.17, 15) is 0 Å². The Bertz CT molecular complexity index is 1360. The monoisotopic (exact) mass is 496 g/mol. The second-order valence-electron chi connectivity index (χ2n) is 8.70. The zero-order valence-electron chi connectivity index (χ0n) is 19.9. The summed E-state index contributed by atoms with van der Waals surface area (Å²) in [7, 11) is -1.47. The smallest absolute Gasteiger partial charge is 0.00611 e. The van der Waals surface area contributed by atoms with E-state index in [1.807, 2.05) is 0 Å². The molecular weight excluding hydrogens is 470 g/mol. The molecule has 0 fully saturated rings. The van der Waals surface area contributed by atoms with E-state index < -0.39 is 15.8 Å². The first-order valence-electron chi connectivity index (χ1n) is 12.2. The van der Waals surface area contributed by atoms with Gasteiger partial charge in [-0.15, -0.1) is 0 Å². The molecule has 0 saturated carbocycles. The molecule has 2 heteroatoms. The van der Waals surface area contributed by atoms with Crippen LogP contribution in [0.1, 0.15) is 0 Å². The Kier molecular flexibility index (Phi) is 6.73. The Morgan fingerprint density at radius 3 is 0.806 bits per heavy atom. The van der Waals surface area contributed by atoms with E-state index >= 15 is 0 Å². The largest absolute Gasteiger partial charge is 0.0622 e. The number of hydrogen-bond donors (Lipinski definition) is 0. The summed E-state index contributed by atoms with van der Waals surface area (Å²) in [4.78, 5) is 0. The van der Waals surface area contributed by atoms with Gasteiger partial charge in [-0.3, -0.25) is 0 Å². The molecule has 6 aromatic rings. The highest BCUT2D eigenvalue weighted by molar-refractivity contribution is 7.85. The highest BCUT2D eigenvalue weighted by Crippen LogP contribution is 2.40. The molecule has 0 saturated heterocycles. The van der Waals surface area contributed by atoms with Gasteiger partial charge in [0.1, 0.15) is 0 Å². The Hall–Kier alpha value is -3.56. The molecule has 0 aliphatic carbocycles. The lowest BCUT2D eigenvalue weighted by molar-refractivity contribution is 1.74. The SMILES string of the molecule is c1ccc(P(c2ccccc2)c2cc3ccccc3cc2P(c2ccccc2)c2ccccc2)cc1. The zero-order valence-corrected chi connectivity index (χ0v) is 21.7. The van der Waals surface area contributed by atoms with E-state index in [1.165, 1.54) is 42.6 Å². The van der Waals surface area contributed by atoms with Crippen molar-refractivity contribution in [2.24, 2.45) is 0 Å². The lowest BCUT2D eigenvalue weighted by atomic mass is 10.1. The highest BCUT2D eigenvalue weighted by atomic mass is 31.1. The van der Waals surface area contributed by atoms with Crippen molar-refractivity contribution in [3.05, 3.63) is 158 Å². The summed E-state index contributed by atoms with van der Waals surface area (Å²) in [6.07, 6.45) is 0. The van der Waals surface area contributed by atoms with Gasteiger partial charge in [0.2, 0.25) is 0 Å². The van der Waals surface area contributed by atoms with Crippen molar-refractivity contribution in [1.29, 1.82) is 0 Å². The second kappa shape index (κ2) is 10.6. The molecule has 0 heterocycles. The summed E-state index contributed by atoms with van der Waals surface area (Å²) < 4.78 is 0. The van der Waals surface area contributed by atoms with Gasteiger partial charge < -0.3 is 0 Å². The molecule has 0 N–H and O–H groups in total. The van der Waals surface area contributed by atoms with Crippen LogP contribution in [0.4, 0.5) is 0 Å². The van der Waals surface area contributed by atoms with Gasteiger partial charge in [-0.25, -0.2) is 0 Å². The van der Waals surface area contributed by atoms with Crippen molar-refractivity contribution in [2.45, 2.75) is 0 Å². The molecular formula is C34H26P2. The molecule has 36 heavy (non-hydrogen) atoms. The Morgan fingerprint density at radius 1 is 0.278 bits per heavy atom. The van der Waals surface area contributed by atoms with Gasteiger partial charge in [-0.2, -0.15) is 0 Å². The van der Waals surface area contributed by atoms with Crippen LogP contribution in [-0.4, -0.2) is 0 Å². The van der Waals surface area contributed by atoms with Crippen LogP contribution in [0.25, 0.3) is 10.8 Å². The maximum atomic E-state index is 2.47. The van der Waals surface area contributed by atoms with Gasteiger partial charge in [0.15, 0.2) is 0 Å². The first kappa shape index (κ1) is 22.9. The quantitative estimate of drug-likeness (QED) is 0.236. The van der Waals surface area contributed by atoms with Crippen LogP contribution in [0.2, 0.25) is 0 Å². The van der Waals surface area contributed by atoms with Crippen LogP contribution in [0.15, 0.2) is 158 Å². The minimum atomic E-state index is -0.737. The molecule has 0 bridgehead atoms. The Morgan fingerprint density at radius 2 is 0.528 bits per heavy atom. The number of benzene rings is 6. The fourth-order valence-electron chi connectivity index (χ4n) is 4.74. The second-order valence-corrected chi connectivity index (χ2v) is 13.1. The summed E-state index contributed by atoms with van der Waals surface area (Å²) in [6, 6.07) is 57.9. The van der Waals surface area contributed by atoms with Crippen molar-refractivity contribution in [1.82, 2.24) is 0 Å². The average Bonchev–Trinajstić information content (AvgIpc) is 2.96. The maximum absolute atomic E-state index is 2.47. The van der Waals surface area contributed by atoms with Crippen molar-refractivity contribution >= 4 is 58.4 Å². The summed E-state index contributed by atoms with van der Waals surface area (Å²) in [5, 5.41) is 11.0. The number of rotatable bonds is 6. The van der Waals surface area contributed by atoms with Gasteiger partial charge in [0.05, 0.1) is 0 Å². The molecule has 0 radical (unpaired) electrons. The van der Waals surface area contributed by atoms with Gasteiger partial charge in [0, 0.05) is 0 Å². The fraction of sp³-hybridized carbons (Fsp3) is 0. The first-order valence-corrected chi connectivity index (χ1v) is 14.9. The van der Waals surface area contributed by atoms with E-state index in [0.29, 0.717) is 0 Å². The molecule has 0 aromatic heterocycles. The lowest BCUT2D eigenvalue weighted by Gasteiger charge is -2.28. The molecule has 0 nitrogen and oxygen atoms in total. The molecule has 6 aromatic carbocycles. The van der Waals surface area contributed by atoms with E-state index in [1.54, 1.807) is 0 Å². The molecule has 6 rings (SSSR count). The van der Waals surface area contributed by atoms with Crippen LogP contribution < -0.4 is 31.8 Å². The molecule has 0 unspecified atom stereocenters. The van der Waals surface area contributed by atoms with E-state index in [-0.39, 0.29) is 0 Å². The number of fused-ring (bicyclic) bond motifs is 1. The first-order chi connectivity index (χ1) is 17.9. The lowest BCUT2D eigenvalue weighted by Crippen LogP contribution is -2.34. The van der Waals surface area contributed by atoms with Gasteiger partial charge in [-0.1, -0.05) is 146 Å². The highest BCUT2D eigenvalue weighted by Gasteiger charge is 2.26. The minimum Gasteiger partial charge on any atom is -0.0622 e. The minimum absolute atomic E-state index is 0.737.